The number of nitrogen functional groups attached to an aromatic ring is 1. The summed E-state index contributed by atoms with van der Waals surface area (Å²) < 4.78 is 6.58. The zero-order chi connectivity index (χ0) is 11.4. The maximum absolute atomic E-state index is 5.83. The van der Waals surface area contributed by atoms with Crippen molar-refractivity contribution in [2.75, 3.05) is 12.3 Å². The van der Waals surface area contributed by atoms with Crippen LogP contribution in [0.2, 0.25) is 0 Å². The number of thiophene rings is 1. The molecule has 1 heterocycles. The molecule has 0 saturated heterocycles. The van der Waals surface area contributed by atoms with Gasteiger partial charge in [-0.05, 0) is 39.5 Å². The van der Waals surface area contributed by atoms with Crippen molar-refractivity contribution in [3.8, 4) is 5.75 Å². The summed E-state index contributed by atoms with van der Waals surface area (Å²) in [6.45, 7) is 0.646. The van der Waals surface area contributed by atoms with E-state index in [0.29, 0.717) is 12.3 Å². The third kappa shape index (κ3) is 2.77. The first-order valence-electron chi connectivity index (χ1n) is 4.96. The minimum absolute atomic E-state index is 0.646. The number of anilines is 1. The van der Waals surface area contributed by atoms with E-state index in [0.717, 1.165) is 16.6 Å². The molecule has 0 fully saturated rings. The van der Waals surface area contributed by atoms with Crippen LogP contribution in [0.4, 0.5) is 5.69 Å². The molecule has 0 saturated carbocycles. The van der Waals surface area contributed by atoms with E-state index in [1.807, 2.05) is 24.3 Å². The number of nitrogens with two attached hydrogens (primary N) is 1. The molecule has 2 nitrogen and oxygen atoms in total. The van der Waals surface area contributed by atoms with Gasteiger partial charge in [-0.2, -0.15) is 0 Å². The lowest BCUT2D eigenvalue weighted by molar-refractivity contribution is 0.323. The van der Waals surface area contributed by atoms with Crippen molar-refractivity contribution in [2.45, 2.75) is 6.42 Å². The zero-order valence-corrected chi connectivity index (χ0v) is 11.1. The Hall–Kier alpha value is -1.00. The summed E-state index contributed by atoms with van der Waals surface area (Å²) in [4.78, 5) is 1.32. The fourth-order valence-electron chi connectivity index (χ4n) is 1.39. The van der Waals surface area contributed by atoms with E-state index in [1.54, 1.807) is 11.3 Å². The van der Waals surface area contributed by atoms with Gasteiger partial charge in [0.15, 0.2) is 5.75 Å². The van der Waals surface area contributed by atoms with Gasteiger partial charge in [-0.25, -0.2) is 0 Å². The second-order valence-electron chi connectivity index (χ2n) is 3.34. The van der Waals surface area contributed by atoms with Gasteiger partial charge in [0.1, 0.15) is 0 Å². The zero-order valence-electron chi connectivity index (χ0n) is 8.65. The predicted molar refractivity (Wildman–Crippen MR) is 72.1 cm³/mol. The highest BCUT2D eigenvalue weighted by atomic mass is 79.9. The topological polar surface area (TPSA) is 35.2 Å². The second-order valence-corrected chi connectivity index (χ2v) is 5.22. The third-order valence-electron chi connectivity index (χ3n) is 2.17. The average molecular weight is 298 g/mol. The Kier molecular flexibility index (Phi) is 3.85. The fraction of sp³-hybridized carbons (Fsp3) is 0.167. The monoisotopic (exact) mass is 297 g/mol. The summed E-state index contributed by atoms with van der Waals surface area (Å²) in [5, 5.41) is 2.07. The van der Waals surface area contributed by atoms with Crippen LogP contribution in [0.3, 0.4) is 0 Å². The Labute approximate surface area is 107 Å². The lowest BCUT2D eigenvalue weighted by atomic mass is 10.3. The summed E-state index contributed by atoms with van der Waals surface area (Å²) in [5.41, 5.74) is 6.50. The second kappa shape index (κ2) is 5.37. The SMILES string of the molecule is Nc1cccc(Br)c1OCCc1cccs1. The molecule has 2 rings (SSSR count). The molecule has 2 N–H and O–H groups in total. The number of hydrogen-bond donors (Lipinski definition) is 1. The van der Waals surface area contributed by atoms with Crippen LogP contribution in [-0.4, -0.2) is 6.61 Å². The van der Waals surface area contributed by atoms with Crippen molar-refractivity contribution in [2.24, 2.45) is 0 Å². The molecular formula is C12H12BrNOS. The minimum atomic E-state index is 0.646. The summed E-state index contributed by atoms with van der Waals surface area (Å²) in [6.07, 6.45) is 0.915. The van der Waals surface area contributed by atoms with Crippen LogP contribution >= 0.6 is 27.3 Å². The normalized spacial score (nSPS) is 10.3. The molecule has 0 bridgehead atoms. The van der Waals surface area contributed by atoms with Gasteiger partial charge in [0.25, 0.3) is 0 Å². The molecule has 4 heteroatoms. The molecule has 0 amide bonds. The number of benzene rings is 1. The first-order valence-corrected chi connectivity index (χ1v) is 6.64. The van der Waals surface area contributed by atoms with Crippen molar-refractivity contribution in [3.63, 3.8) is 0 Å². The van der Waals surface area contributed by atoms with Crippen molar-refractivity contribution >= 4 is 33.0 Å². The van der Waals surface area contributed by atoms with E-state index in [1.165, 1.54) is 4.88 Å². The van der Waals surface area contributed by atoms with Crippen LogP contribution in [0, 0.1) is 0 Å². The van der Waals surface area contributed by atoms with Crippen LogP contribution in [0.25, 0.3) is 0 Å². The quantitative estimate of drug-likeness (QED) is 0.873. The van der Waals surface area contributed by atoms with E-state index in [-0.39, 0.29) is 0 Å². The molecule has 16 heavy (non-hydrogen) atoms. The molecule has 0 aliphatic heterocycles. The average Bonchev–Trinajstić information content (AvgIpc) is 2.75. The molecule has 2 aromatic rings. The highest BCUT2D eigenvalue weighted by Gasteiger charge is 2.05. The molecular weight excluding hydrogens is 286 g/mol. The standard InChI is InChI=1S/C12H12BrNOS/c13-10-4-1-5-11(14)12(10)15-7-6-9-3-2-8-16-9/h1-5,8H,6-7,14H2. The van der Waals surface area contributed by atoms with Crippen molar-refractivity contribution in [3.05, 3.63) is 45.1 Å². The van der Waals surface area contributed by atoms with E-state index >= 15 is 0 Å². The van der Waals surface area contributed by atoms with Crippen LogP contribution in [0.5, 0.6) is 5.75 Å². The van der Waals surface area contributed by atoms with E-state index in [2.05, 4.69) is 27.4 Å². The van der Waals surface area contributed by atoms with E-state index in [9.17, 15) is 0 Å². The van der Waals surface area contributed by atoms with Crippen LogP contribution in [0.1, 0.15) is 4.88 Å². The Morgan fingerprint density at radius 3 is 2.81 bits per heavy atom. The molecule has 1 aromatic heterocycles. The highest BCUT2D eigenvalue weighted by molar-refractivity contribution is 9.10. The number of hydrogen-bond acceptors (Lipinski definition) is 3. The van der Waals surface area contributed by atoms with Gasteiger partial charge >= 0.3 is 0 Å². The number of rotatable bonds is 4. The lowest BCUT2D eigenvalue weighted by Crippen LogP contribution is -2.03. The van der Waals surface area contributed by atoms with Gasteiger partial charge in [0.05, 0.1) is 16.8 Å². The molecule has 84 valence electrons. The number of halogens is 1. The minimum Gasteiger partial charge on any atom is -0.490 e. The van der Waals surface area contributed by atoms with Crippen molar-refractivity contribution in [1.29, 1.82) is 0 Å². The number of ether oxygens (including phenoxy) is 1. The summed E-state index contributed by atoms with van der Waals surface area (Å²) in [7, 11) is 0. The Balaban J connectivity index is 1.95. The Morgan fingerprint density at radius 1 is 1.25 bits per heavy atom. The summed E-state index contributed by atoms with van der Waals surface area (Å²) in [6, 6.07) is 9.82. The molecule has 0 spiro atoms. The van der Waals surface area contributed by atoms with Crippen LogP contribution < -0.4 is 10.5 Å². The highest BCUT2D eigenvalue weighted by Crippen LogP contribution is 2.30. The van der Waals surface area contributed by atoms with Crippen LogP contribution in [0.15, 0.2) is 40.2 Å². The van der Waals surface area contributed by atoms with Gasteiger partial charge in [-0.1, -0.05) is 12.1 Å². The molecule has 1 aromatic carbocycles. The molecule has 0 unspecified atom stereocenters. The van der Waals surface area contributed by atoms with Gasteiger partial charge in [-0.15, -0.1) is 11.3 Å². The third-order valence-corrected chi connectivity index (χ3v) is 3.73. The van der Waals surface area contributed by atoms with Crippen LogP contribution in [-0.2, 0) is 6.42 Å². The largest absolute Gasteiger partial charge is 0.490 e. The summed E-state index contributed by atoms with van der Waals surface area (Å²) >= 11 is 5.17. The smallest absolute Gasteiger partial charge is 0.156 e. The fourth-order valence-corrected chi connectivity index (χ4v) is 2.57. The van der Waals surface area contributed by atoms with Crippen molar-refractivity contribution in [1.82, 2.24) is 0 Å². The predicted octanol–water partition coefficient (Wildman–Crippen LogP) is 3.71. The van der Waals surface area contributed by atoms with Gasteiger partial charge in [0, 0.05) is 11.3 Å². The maximum Gasteiger partial charge on any atom is 0.156 e. The van der Waals surface area contributed by atoms with Gasteiger partial charge in [-0.3, -0.25) is 0 Å². The molecule has 0 atom stereocenters. The summed E-state index contributed by atoms with van der Waals surface area (Å²) in [5.74, 6) is 0.735. The number of para-hydroxylation sites is 1. The Bertz CT molecular complexity index is 436. The van der Waals surface area contributed by atoms with Crippen molar-refractivity contribution < 1.29 is 4.74 Å². The Morgan fingerprint density at radius 2 is 2.12 bits per heavy atom. The molecule has 0 aliphatic carbocycles. The first kappa shape index (κ1) is 11.5. The van der Waals surface area contributed by atoms with Gasteiger partial charge < -0.3 is 10.5 Å². The molecule has 0 radical (unpaired) electrons. The molecule has 0 aliphatic rings. The maximum atomic E-state index is 5.83. The first-order chi connectivity index (χ1) is 7.77. The van der Waals surface area contributed by atoms with E-state index in [4.69, 9.17) is 10.5 Å². The van der Waals surface area contributed by atoms with Gasteiger partial charge in [0.2, 0.25) is 0 Å². The van der Waals surface area contributed by atoms with E-state index < -0.39 is 0 Å². The lowest BCUT2D eigenvalue weighted by Gasteiger charge is -2.09.